The van der Waals surface area contributed by atoms with Gasteiger partial charge >= 0.3 is 0 Å². The summed E-state index contributed by atoms with van der Waals surface area (Å²) >= 11 is 3.28. The van der Waals surface area contributed by atoms with Crippen LogP contribution in [0.25, 0.3) is 0 Å². The second kappa shape index (κ2) is 7.08. The molecular weight excluding hydrogens is 410 g/mol. The van der Waals surface area contributed by atoms with E-state index in [0.717, 1.165) is 12.1 Å². The Bertz CT molecular complexity index is 1060. The summed E-state index contributed by atoms with van der Waals surface area (Å²) in [7, 11) is 0. The zero-order valence-corrected chi connectivity index (χ0v) is 16.2. The number of pyridine rings is 1. The van der Waals surface area contributed by atoms with Crippen molar-refractivity contribution < 1.29 is 9.21 Å². The summed E-state index contributed by atoms with van der Waals surface area (Å²) in [4.78, 5) is 29.4. The molecule has 2 N–H and O–H groups in total. The maximum Gasteiger partial charge on any atom is 0.271 e. The molecule has 1 atom stereocenters. The van der Waals surface area contributed by atoms with E-state index in [1.807, 2.05) is 12.1 Å². The highest BCUT2D eigenvalue weighted by Crippen LogP contribution is 2.33. The Labute approximate surface area is 164 Å². The van der Waals surface area contributed by atoms with Crippen molar-refractivity contribution in [3.8, 4) is 0 Å². The molecule has 1 aromatic carbocycles. The van der Waals surface area contributed by atoms with Crippen LogP contribution < -0.4 is 15.8 Å². The number of rotatable bonds is 4. The third-order valence-electron chi connectivity index (χ3n) is 4.77. The van der Waals surface area contributed by atoms with E-state index in [4.69, 9.17) is 4.42 Å². The number of H-pyrrole nitrogens is 1. The first kappa shape index (κ1) is 17.6. The number of nitrogens with zero attached hydrogens (tertiary/aromatic N) is 1. The van der Waals surface area contributed by atoms with Gasteiger partial charge in [0, 0.05) is 22.4 Å². The van der Waals surface area contributed by atoms with E-state index in [1.165, 1.54) is 18.0 Å². The van der Waals surface area contributed by atoms with Crippen molar-refractivity contribution in [1.29, 1.82) is 0 Å². The summed E-state index contributed by atoms with van der Waals surface area (Å²) in [5.41, 5.74) is 2.70. The standard InChI is InChI=1S/C20H18BrN3O3/c1-12-8-13-4-2-3-5-17(13)24(12)11-18-15(6-7-27-18)19(25)23-16-9-14(21)10-22-20(16)26/h2-7,9-10,12H,8,11H2,1H3,(H,22,26)(H,23,25). The number of aromatic amines is 1. The van der Waals surface area contributed by atoms with Gasteiger partial charge in [-0.05, 0) is 53.0 Å². The van der Waals surface area contributed by atoms with Gasteiger partial charge in [-0.3, -0.25) is 9.59 Å². The molecule has 138 valence electrons. The number of furan rings is 1. The molecule has 1 unspecified atom stereocenters. The van der Waals surface area contributed by atoms with Gasteiger partial charge in [-0.25, -0.2) is 0 Å². The van der Waals surface area contributed by atoms with Crippen LogP contribution in [0.3, 0.4) is 0 Å². The van der Waals surface area contributed by atoms with Gasteiger partial charge in [0.2, 0.25) is 0 Å². The fourth-order valence-electron chi connectivity index (χ4n) is 3.43. The molecule has 0 aliphatic carbocycles. The number of aromatic nitrogens is 1. The number of anilines is 2. The fraction of sp³-hybridized carbons (Fsp3) is 0.200. The molecule has 4 rings (SSSR count). The zero-order valence-electron chi connectivity index (χ0n) is 14.7. The summed E-state index contributed by atoms with van der Waals surface area (Å²) in [6, 6.07) is 11.8. The van der Waals surface area contributed by atoms with Gasteiger partial charge < -0.3 is 19.6 Å². The normalized spacial score (nSPS) is 15.6. The summed E-state index contributed by atoms with van der Waals surface area (Å²) in [6.07, 6.45) is 3.99. The van der Waals surface area contributed by atoms with Crippen LogP contribution in [0.15, 0.2) is 62.5 Å². The van der Waals surface area contributed by atoms with Crippen LogP contribution in [0.2, 0.25) is 0 Å². The number of para-hydroxylation sites is 1. The van der Waals surface area contributed by atoms with Gasteiger partial charge in [0.05, 0.1) is 18.4 Å². The maximum atomic E-state index is 12.7. The molecule has 1 aliphatic heterocycles. The largest absolute Gasteiger partial charge is 0.467 e. The lowest BCUT2D eigenvalue weighted by molar-refractivity contribution is 0.102. The Kier molecular flexibility index (Phi) is 4.61. The highest BCUT2D eigenvalue weighted by atomic mass is 79.9. The van der Waals surface area contributed by atoms with E-state index in [0.29, 0.717) is 28.4 Å². The van der Waals surface area contributed by atoms with Crippen molar-refractivity contribution in [3.63, 3.8) is 0 Å². The van der Waals surface area contributed by atoms with Gasteiger partial charge in [-0.2, -0.15) is 0 Å². The molecule has 1 amide bonds. The first-order valence-electron chi connectivity index (χ1n) is 8.63. The lowest BCUT2D eigenvalue weighted by atomic mass is 10.1. The van der Waals surface area contributed by atoms with Crippen molar-refractivity contribution in [1.82, 2.24) is 4.98 Å². The van der Waals surface area contributed by atoms with Crippen LogP contribution >= 0.6 is 15.9 Å². The molecule has 2 aromatic heterocycles. The Hall–Kier alpha value is -2.80. The molecule has 1 aliphatic rings. The first-order chi connectivity index (χ1) is 13.0. The Morgan fingerprint density at radius 2 is 2.19 bits per heavy atom. The van der Waals surface area contributed by atoms with Gasteiger partial charge in [0.15, 0.2) is 0 Å². The summed E-state index contributed by atoms with van der Waals surface area (Å²) in [5.74, 6) is 0.199. The predicted octanol–water partition coefficient (Wildman–Crippen LogP) is 3.93. The molecular formula is C20H18BrN3O3. The SMILES string of the molecule is CC1Cc2ccccc2N1Cc1occc1C(=O)Nc1cc(Br)c[nH]c1=O. The molecule has 0 saturated carbocycles. The highest BCUT2D eigenvalue weighted by molar-refractivity contribution is 9.10. The molecule has 0 bridgehead atoms. The number of hydrogen-bond acceptors (Lipinski definition) is 4. The Morgan fingerprint density at radius 3 is 3.04 bits per heavy atom. The number of hydrogen-bond donors (Lipinski definition) is 2. The lowest BCUT2D eigenvalue weighted by Crippen LogP contribution is -2.29. The average molecular weight is 428 g/mol. The second-order valence-electron chi connectivity index (χ2n) is 6.58. The molecule has 3 aromatic rings. The predicted molar refractivity (Wildman–Crippen MR) is 107 cm³/mol. The number of nitrogens with one attached hydrogen (secondary N) is 2. The molecule has 0 radical (unpaired) electrons. The van der Waals surface area contributed by atoms with E-state index in [9.17, 15) is 9.59 Å². The van der Waals surface area contributed by atoms with Gasteiger partial charge in [0.1, 0.15) is 11.4 Å². The van der Waals surface area contributed by atoms with Crippen LogP contribution in [0.5, 0.6) is 0 Å². The number of benzene rings is 1. The summed E-state index contributed by atoms with van der Waals surface area (Å²) in [5, 5.41) is 2.66. The summed E-state index contributed by atoms with van der Waals surface area (Å²) < 4.78 is 6.28. The van der Waals surface area contributed by atoms with Crippen molar-refractivity contribution in [2.24, 2.45) is 0 Å². The quantitative estimate of drug-likeness (QED) is 0.660. The van der Waals surface area contributed by atoms with Crippen LogP contribution in [0, 0.1) is 0 Å². The minimum Gasteiger partial charge on any atom is -0.467 e. The molecule has 0 spiro atoms. The molecule has 0 fully saturated rings. The molecule has 0 saturated heterocycles. The molecule has 6 nitrogen and oxygen atoms in total. The molecule has 3 heterocycles. The van der Waals surface area contributed by atoms with Crippen molar-refractivity contribution >= 4 is 33.2 Å². The molecule has 7 heteroatoms. The smallest absolute Gasteiger partial charge is 0.271 e. The maximum absolute atomic E-state index is 12.7. The van der Waals surface area contributed by atoms with Gasteiger partial charge in [0.25, 0.3) is 11.5 Å². The van der Waals surface area contributed by atoms with E-state index < -0.39 is 0 Å². The summed E-state index contributed by atoms with van der Waals surface area (Å²) in [6.45, 7) is 2.65. The van der Waals surface area contributed by atoms with Gasteiger partial charge in [-0.15, -0.1) is 0 Å². The fourth-order valence-corrected chi connectivity index (χ4v) is 3.77. The zero-order chi connectivity index (χ0) is 19.0. The van der Waals surface area contributed by atoms with E-state index >= 15 is 0 Å². The number of fused-ring (bicyclic) bond motifs is 1. The van der Waals surface area contributed by atoms with Crippen LogP contribution in [0.1, 0.15) is 28.6 Å². The third-order valence-corrected chi connectivity index (χ3v) is 5.23. The second-order valence-corrected chi connectivity index (χ2v) is 7.50. The van der Waals surface area contributed by atoms with Gasteiger partial charge in [-0.1, -0.05) is 18.2 Å². The number of amides is 1. The van der Waals surface area contributed by atoms with Crippen molar-refractivity contribution in [3.05, 3.63) is 80.6 Å². The third kappa shape index (κ3) is 3.42. The van der Waals surface area contributed by atoms with Crippen LogP contribution in [-0.2, 0) is 13.0 Å². The number of carbonyl (C=O) groups is 1. The van der Waals surface area contributed by atoms with Crippen molar-refractivity contribution in [2.45, 2.75) is 25.9 Å². The first-order valence-corrected chi connectivity index (χ1v) is 9.42. The monoisotopic (exact) mass is 427 g/mol. The average Bonchev–Trinajstić information content (AvgIpc) is 3.23. The minimum atomic E-state index is -0.373. The molecule has 27 heavy (non-hydrogen) atoms. The van der Waals surface area contributed by atoms with E-state index in [1.54, 1.807) is 12.1 Å². The highest BCUT2D eigenvalue weighted by Gasteiger charge is 2.28. The van der Waals surface area contributed by atoms with Crippen molar-refractivity contribution in [2.75, 3.05) is 10.2 Å². The van der Waals surface area contributed by atoms with Crippen LogP contribution in [0.4, 0.5) is 11.4 Å². The van der Waals surface area contributed by atoms with E-state index in [2.05, 4.69) is 50.2 Å². The number of halogens is 1. The Balaban J connectivity index is 1.57. The lowest BCUT2D eigenvalue weighted by Gasteiger charge is -2.24. The minimum absolute atomic E-state index is 0.182. The Morgan fingerprint density at radius 1 is 1.37 bits per heavy atom. The van der Waals surface area contributed by atoms with E-state index in [-0.39, 0.29) is 17.2 Å². The van der Waals surface area contributed by atoms with Crippen LogP contribution in [-0.4, -0.2) is 16.9 Å². The topological polar surface area (TPSA) is 78.3 Å². The number of carbonyl (C=O) groups excluding carboxylic acids is 1.